The van der Waals surface area contributed by atoms with Crippen molar-refractivity contribution < 1.29 is 9.53 Å². The van der Waals surface area contributed by atoms with E-state index < -0.39 is 5.54 Å². The predicted octanol–water partition coefficient (Wildman–Crippen LogP) is 1.84. The number of benzene rings is 1. The summed E-state index contributed by atoms with van der Waals surface area (Å²) in [5.41, 5.74) is 6.49. The van der Waals surface area contributed by atoms with Gasteiger partial charge in [-0.15, -0.1) is 0 Å². The molecule has 102 valence electrons. The summed E-state index contributed by atoms with van der Waals surface area (Å²) in [5.74, 6) is 0.0767. The van der Waals surface area contributed by atoms with Crippen LogP contribution in [0.5, 0.6) is 0 Å². The van der Waals surface area contributed by atoms with Crippen molar-refractivity contribution in [3.63, 3.8) is 0 Å². The van der Waals surface area contributed by atoms with E-state index in [-0.39, 0.29) is 12.0 Å². The van der Waals surface area contributed by atoms with Gasteiger partial charge in [0.25, 0.3) is 0 Å². The van der Waals surface area contributed by atoms with Crippen molar-refractivity contribution in [3.05, 3.63) is 34.3 Å². The zero-order chi connectivity index (χ0) is 13.5. The fraction of sp³-hybridized carbons (Fsp3) is 0.500. The van der Waals surface area contributed by atoms with Gasteiger partial charge in [-0.3, -0.25) is 4.79 Å². The maximum absolute atomic E-state index is 12.3. The molecule has 0 spiro atoms. The Morgan fingerprint density at radius 3 is 2.84 bits per heavy atom. The fourth-order valence-corrected chi connectivity index (χ4v) is 2.96. The second-order valence-corrected chi connectivity index (χ2v) is 6.14. The molecule has 2 aliphatic rings. The van der Waals surface area contributed by atoms with E-state index in [1.54, 1.807) is 0 Å². The van der Waals surface area contributed by atoms with Crippen molar-refractivity contribution in [2.75, 3.05) is 19.7 Å². The summed E-state index contributed by atoms with van der Waals surface area (Å²) >= 11 is 3.53. The predicted molar refractivity (Wildman–Crippen MR) is 75.6 cm³/mol. The smallest absolute Gasteiger partial charge is 0.242 e. The zero-order valence-corrected chi connectivity index (χ0v) is 12.2. The van der Waals surface area contributed by atoms with Gasteiger partial charge in [0.2, 0.25) is 5.91 Å². The summed E-state index contributed by atoms with van der Waals surface area (Å²) in [7, 11) is 0. The highest BCUT2D eigenvalue weighted by molar-refractivity contribution is 9.10. The van der Waals surface area contributed by atoms with Crippen molar-refractivity contribution >= 4 is 21.8 Å². The minimum atomic E-state index is -0.587. The monoisotopic (exact) mass is 324 g/mol. The third-order valence-corrected chi connectivity index (χ3v) is 4.54. The maximum Gasteiger partial charge on any atom is 0.242 e. The number of nitrogens with zero attached hydrogens (tertiary/aromatic N) is 1. The molecular weight excluding hydrogens is 308 g/mol. The number of halogens is 1. The Balaban J connectivity index is 1.75. The Morgan fingerprint density at radius 1 is 1.42 bits per heavy atom. The highest BCUT2D eigenvalue weighted by atomic mass is 79.9. The Morgan fingerprint density at radius 2 is 2.16 bits per heavy atom. The van der Waals surface area contributed by atoms with E-state index in [1.165, 1.54) is 0 Å². The van der Waals surface area contributed by atoms with Crippen molar-refractivity contribution in [1.29, 1.82) is 0 Å². The van der Waals surface area contributed by atoms with E-state index in [1.807, 2.05) is 29.2 Å². The van der Waals surface area contributed by atoms with E-state index in [0.29, 0.717) is 19.7 Å². The third-order valence-electron chi connectivity index (χ3n) is 3.82. The van der Waals surface area contributed by atoms with Gasteiger partial charge in [0.15, 0.2) is 0 Å². The fourth-order valence-electron chi connectivity index (χ4n) is 2.42. The van der Waals surface area contributed by atoms with Crippen molar-refractivity contribution in [2.45, 2.75) is 24.5 Å². The zero-order valence-electron chi connectivity index (χ0n) is 10.6. The molecule has 1 saturated heterocycles. The molecule has 4 nitrogen and oxygen atoms in total. The molecule has 2 N–H and O–H groups in total. The topological polar surface area (TPSA) is 55.6 Å². The second-order valence-electron chi connectivity index (χ2n) is 5.29. The van der Waals surface area contributed by atoms with Crippen LogP contribution < -0.4 is 5.73 Å². The number of morpholine rings is 1. The molecule has 1 aromatic carbocycles. The number of carbonyl (C=O) groups excluding carboxylic acids is 1. The van der Waals surface area contributed by atoms with Gasteiger partial charge in [0.05, 0.1) is 18.7 Å². The molecule has 0 bridgehead atoms. The van der Waals surface area contributed by atoms with Gasteiger partial charge in [-0.05, 0) is 24.5 Å². The molecule has 3 rings (SSSR count). The van der Waals surface area contributed by atoms with Crippen LogP contribution in [0.1, 0.15) is 24.5 Å². The van der Waals surface area contributed by atoms with E-state index in [2.05, 4.69) is 15.9 Å². The summed E-state index contributed by atoms with van der Waals surface area (Å²) in [6.45, 7) is 1.78. The number of hydrogen-bond donors (Lipinski definition) is 1. The van der Waals surface area contributed by atoms with Crippen LogP contribution in [0.3, 0.4) is 0 Å². The average molecular weight is 325 g/mol. The third kappa shape index (κ3) is 2.55. The van der Waals surface area contributed by atoms with E-state index in [4.69, 9.17) is 10.5 Å². The normalized spacial score (nSPS) is 25.2. The molecule has 0 unspecified atom stereocenters. The van der Waals surface area contributed by atoms with Gasteiger partial charge in [0.1, 0.15) is 6.10 Å². The van der Waals surface area contributed by atoms with Crippen molar-refractivity contribution in [1.82, 2.24) is 4.90 Å². The van der Waals surface area contributed by atoms with Gasteiger partial charge < -0.3 is 15.4 Å². The summed E-state index contributed by atoms with van der Waals surface area (Å²) in [6.07, 6.45) is 1.54. The molecule has 1 aliphatic carbocycles. The molecule has 1 aromatic rings. The minimum absolute atomic E-state index is 0.0735. The highest BCUT2D eigenvalue weighted by Gasteiger charge is 2.48. The molecule has 1 aliphatic heterocycles. The largest absolute Gasteiger partial charge is 0.370 e. The standard InChI is InChI=1S/C14H17BrN2O2/c15-11-4-2-1-3-10(11)12-9-17(7-8-19-12)13(18)14(16)5-6-14/h1-4,12H,5-9,16H2/t12-/m0/s1. The first-order valence-corrected chi connectivity index (χ1v) is 7.34. The molecule has 1 atom stereocenters. The summed E-state index contributed by atoms with van der Waals surface area (Å²) in [4.78, 5) is 14.1. The molecule has 1 heterocycles. The van der Waals surface area contributed by atoms with Crippen molar-refractivity contribution in [2.24, 2.45) is 5.73 Å². The van der Waals surface area contributed by atoms with Crippen molar-refractivity contribution in [3.8, 4) is 0 Å². The summed E-state index contributed by atoms with van der Waals surface area (Å²) < 4.78 is 6.81. The van der Waals surface area contributed by atoms with Gasteiger partial charge >= 0.3 is 0 Å². The molecule has 0 aromatic heterocycles. The number of nitrogens with two attached hydrogens (primary N) is 1. The van der Waals surface area contributed by atoms with Gasteiger partial charge in [-0.2, -0.15) is 0 Å². The Hall–Kier alpha value is -0.910. The molecule has 1 amide bonds. The summed E-state index contributed by atoms with van der Waals surface area (Å²) in [6, 6.07) is 7.97. The number of amides is 1. The lowest BCUT2D eigenvalue weighted by atomic mass is 10.1. The van der Waals surface area contributed by atoms with Crippen LogP contribution in [-0.2, 0) is 9.53 Å². The number of carbonyl (C=O) groups is 1. The highest BCUT2D eigenvalue weighted by Crippen LogP contribution is 2.36. The SMILES string of the molecule is NC1(C(=O)N2CCO[C@H](c3ccccc3Br)C2)CC1. The molecule has 0 radical (unpaired) electrons. The Kier molecular flexibility index (Phi) is 3.37. The maximum atomic E-state index is 12.3. The first kappa shape index (κ1) is 13.1. The van der Waals surface area contributed by atoms with E-state index >= 15 is 0 Å². The first-order valence-electron chi connectivity index (χ1n) is 6.54. The number of ether oxygens (including phenoxy) is 1. The van der Waals surface area contributed by atoms with Crippen LogP contribution in [0.15, 0.2) is 28.7 Å². The van der Waals surface area contributed by atoms with Gasteiger partial charge in [-0.1, -0.05) is 34.1 Å². The summed E-state index contributed by atoms with van der Waals surface area (Å²) in [5, 5.41) is 0. The molecule has 5 heteroatoms. The van der Waals surface area contributed by atoms with Crippen LogP contribution >= 0.6 is 15.9 Å². The molecular formula is C14H17BrN2O2. The van der Waals surface area contributed by atoms with Crippen LogP contribution in [0.2, 0.25) is 0 Å². The first-order chi connectivity index (χ1) is 9.10. The van der Waals surface area contributed by atoms with Crippen LogP contribution in [-0.4, -0.2) is 36.0 Å². The lowest BCUT2D eigenvalue weighted by Gasteiger charge is -2.35. The van der Waals surface area contributed by atoms with Gasteiger partial charge in [-0.25, -0.2) is 0 Å². The van der Waals surface area contributed by atoms with E-state index in [0.717, 1.165) is 22.9 Å². The quantitative estimate of drug-likeness (QED) is 0.903. The molecule has 2 fully saturated rings. The lowest BCUT2D eigenvalue weighted by Crippen LogP contribution is -2.50. The Labute approximate surface area is 121 Å². The minimum Gasteiger partial charge on any atom is -0.370 e. The van der Waals surface area contributed by atoms with Crippen LogP contribution in [0.4, 0.5) is 0 Å². The van der Waals surface area contributed by atoms with Crippen LogP contribution in [0.25, 0.3) is 0 Å². The molecule has 19 heavy (non-hydrogen) atoms. The van der Waals surface area contributed by atoms with Crippen LogP contribution in [0, 0.1) is 0 Å². The van der Waals surface area contributed by atoms with Gasteiger partial charge in [0, 0.05) is 11.0 Å². The average Bonchev–Trinajstić information content (AvgIpc) is 3.18. The van der Waals surface area contributed by atoms with E-state index in [9.17, 15) is 4.79 Å². The Bertz CT molecular complexity index is 502. The number of hydrogen-bond acceptors (Lipinski definition) is 3. The number of rotatable bonds is 2. The lowest BCUT2D eigenvalue weighted by molar-refractivity contribution is -0.141. The molecule has 1 saturated carbocycles. The second kappa shape index (κ2) is 4.89.